The molecule has 1 saturated heterocycles. The SMILES string of the molecule is O=C(/C=C1\SC(=O)NC1=O)Nc1ncc(Cc2cc(Cl)ccc2Cl)s1. The van der Waals surface area contributed by atoms with Crippen LogP contribution < -0.4 is 10.6 Å². The Bertz CT molecular complexity index is 911. The molecule has 0 saturated carbocycles. The van der Waals surface area contributed by atoms with E-state index < -0.39 is 17.1 Å². The maximum Gasteiger partial charge on any atom is 0.290 e. The van der Waals surface area contributed by atoms with Gasteiger partial charge in [0, 0.05) is 33.6 Å². The summed E-state index contributed by atoms with van der Waals surface area (Å²) in [5, 5.41) is 5.71. The van der Waals surface area contributed by atoms with Gasteiger partial charge in [0.1, 0.15) is 0 Å². The molecule has 2 N–H and O–H groups in total. The van der Waals surface area contributed by atoms with Crippen LogP contribution in [0, 0.1) is 0 Å². The summed E-state index contributed by atoms with van der Waals surface area (Å²) in [6, 6.07) is 5.21. The minimum Gasteiger partial charge on any atom is -0.298 e. The van der Waals surface area contributed by atoms with Gasteiger partial charge in [-0.3, -0.25) is 25.0 Å². The molecular formula is C15H9Cl2N3O3S2. The third kappa shape index (κ3) is 4.60. The molecule has 0 spiro atoms. The van der Waals surface area contributed by atoms with Crippen LogP contribution in [-0.2, 0) is 16.0 Å². The Hall–Kier alpha value is -1.87. The second kappa shape index (κ2) is 7.57. The van der Waals surface area contributed by atoms with Crippen molar-refractivity contribution in [1.29, 1.82) is 0 Å². The van der Waals surface area contributed by atoms with Gasteiger partial charge in [-0.1, -0.05) is 23.2 Å². The molecule has 3 rings (SSSR count). The van der Waals surface area contributed by atoms with Gasteiger partial charge in [0.05, 0.1) is 4.91 Å². The average Bonchev–Trinajstić information content (AvgIpc) is 3.09. The smallest absolute Gasteiger partial charge is 0.290 e. The molecule has 25 heavy (non-hydrogen) atoms. The van der Waals surface area contributed by atoms with Gasteiger partial charge in [-0.2, -0.15) is 0 Å². The van der Waals surface area contributed by atoms with Gasteiger partial charge in [0.2, 0.25) is 0 Å². The highest BCUT2D eigenvalue weighted by atomic mass is 35.5. The summed E-state index contributed by atoms with van der Waals surface area (Å²) in [4.78, 5) is 39.4. The molecule has 0 atom stereocenters. The highest BCUT2D eigenvalue weighted by Crippen LogP contribution is 2.27. The molecule has 128 valence electrons. The van der Waals surface area contributed by atoms with Crippen molar-refractivity contribution >= 4 is 68.5 Å². The van der Waals surface area contributed by atoms with E-state index in [-0.39, 0.29) is 4.91 Å². The fourth-order valence-electron chi connectivity index (χ4n) is 2.00. The predicted octanol–water partition coefficient (Wildman–Crippen LogP) is 3.85. The number of rotatable bonds is 4. The predicted molar refractivity (Wildman–Crippen MR) is 99.2 cm³/mol. The minimum atomic E-state index is -0.583. The third-order valence-corrected chi connectivity index (χ3v) is 5.39. The van der Waals surface area contributed by atoms with Crippen LogP contribution in [0.1, 0.15) is 10.4 Å². The molecule has 3 amide bonds. The van der Waals surface area contributed by atoms with Gasteiger partial charge in [-0.25, -0.2) is 4.98 Å². The van der Waals surface area contributed by atoms with Crippen LogP contribution in [0.3, 0.4) is 0 Å². The number of nitrogens with zero attached hydrogens (tertiary/aromatic N) is 1. The summed E-state index contributed by atoms with van der Waals surface area (Å²) in [6.07, 6.45) is 3.23. The van der Waals surface area contributed by atoms with E-state index in [1.807, 2.05) is 0 Å². The molecule has 1 aromatic carbocycles. The topological polar surface area (TPSA) is 88.2 Å². The Morgan fingerprint density at radius 1 is 1.32 bits per heavy atom. The van der Waals surface area contributed by atoms with E-state index in [9.17, 15) is 14.4 Å². The van der Waals surface area contributed by atoms with E-state index in [4.69, 9.17) is 23.2 Å². The molecule has 1 fully saturated rings. The van der Waals surface area contributed by atoms with E-state index in [0.717, 1.165) is 16.5 Å². The lowest BCUT2D eigenvalue weighted by Gasteiger charge is -2.02. The van der Waals surface area contributed by atoms with Crippen LogP contribution >= 0.6 is 46.3 Å². The molecular weight excluding hydrogens is 405 g/mol. The van der Waals surface area contributed by atoms with Crippen molar-refractivity contribution in [3.8, 4) is 0 Å². The number of halogens is 2. The first-order valence-corrected chi connectivity index (χ1v) is 9.24. The quantitative estimate of drug-likeness (QED) is 0.743. The van der Waals surface area contributed by atoms with Crippen LogP contribution in [0.2, 0.25) is 10.0 Å². The molecule has 0 unspecified atom stereocenters. The molecule has 2 heterocycles. The summed E-state index contributed by atoms with van der Waals surface area (Å²) in [5.41, 5.74) is 0.857. The fourth-order valence-corrected chi connectivity index (χ4v) is 3.87. The number of thioether (sulfide) groups is 1. The normalized spacial score (nSPS) is 15.5. The standard InChI is InChI=1S/C15H9Cl2N3O3S2/c16-8-1-2-10(17)7(3-8)4-9-6-18-14(24-9)19-12(21)5-11-13(22)20-15(23)25-11/h1-3,5-6H,4H2,(H,18,19,21)(H,20,22,23)/b11-5-. The van der Waals surface area contributed by atoms with Crippen molar-refractivity contribution in [2.75, 3.05) is 5.32 Å². The van der Waals surface area contributed by atoms with E-state index in [1.165, 1.54) is 11.3 Å². The summed E-state index contributed by atoms with van der Waals surface area (Å²) in [5.74, 6) is -1.12. The number of anilines is 1. The molecule has 0 aliphatic carbocycles. The second-order valence-corrected chi connectivity index (χ2v) is 7.86. The zero-order chi connectivity index (χ0) is 18.0. The maximum atomic E-state index is 11.9. The second-order valence-electron chi connectivity index (χ2n) is 4.89. The number of amides is 3. The van der Waals surface area contributed by atoms with Crippen LogP contribution in [0.25, 0.3) is 0 Å². The zero-order valence-electron chi connectivity index (χ0n) is 12.3. The molecule has 6 nitrogen and oxygen atoms in total. The lowest BCUT2D eigenvalue weighted by Crippen LogP contribution is -2.18. The Morgan fingerprint density at radius 3 is 2.84 bits per heavy atom. The van der Waals surface area contributed by atoms with Crippen LogP contribution in [-0.4, -0.2) is 22.0 Å². The van der Waals surface area contributed by atoms with E-state index in [2.05, 4.69) is 15.6 Å². The van der Waals surface area contributed by atoms with Gasteiger partial charge >= 0.3 is 0 Å². The van der Waals surface area contributed by atoms with Crippen molar-refractivity contribution in [2.45, 2.75) is 6.42 Å². The number of nitrogens with one attached hydrogen (secondary N) is 2. The van der Waals surface area contributed by atoms with Gasteiger partial charge in [-0.15, -0.1) is 11.3 Å². The lowest BCUT2D eigenvalue weighted by molar-refractivity contribution is -0.116. The number of carbonyl (C=O) groups is 3. The minimum absolute atomic E-state index is 0.0463. The number of hydrogen-bond donors (Lipinski definition) is 2. The molecule has 10 heteroatoms. The Kier molecular flexibility index (Phi) is 5.43. The number of aromatic nitrogens is 1. The van der Waals surface area contributed by atoms with Crippen LogP contribution in [0.4, 0.5) is 9.93 Å². The number of thiazole rings is 1. The van der Waals surface area contributed by atoms with Crippen molar-refractivity contribution < 1.29 is 14.4 Å². The number of hydrogen-bond acceptors (Lipinski definition) is 6. The number of imide groups is 1. The monoisotopic (exact) mass is 413 g/mol. The Balaban J connectivity index is 1.66. The van der Waals surface area contributed by atoms with Crippen LogP contribution in [0.15, 0.2) is 35.4 Å². The summed E-state index contributed by atoms with van der Waals surface area (Å²) in [6.45, 7) is 0. The van der Waals surface area contributed by atoms with Gasteiger partial charge in [-0.05, 0) is 35.5 Å². The zero-order valence-corrected chi connectivity index (χ0v) is 15.5. The number of benzene rings is 1. The van der Waals surface area contributed by atoms with Crippen molar-refractivity contribution in [2.24, 2.45) is 0 Å². The molecule has 1 aromatic heterocycles. The van der Waals surface area contributed by atoms with Crippen molar-refractivity contribution in [3.63, 3.8) is 0 Å². The highest BCUT2D eigenvalue weighted by molar-refractivity contribution is 8.18. The average molecular weight is 414 g/mol. The molecule has 2 aromatic rings. The fraction of sp³-hybridized carbons (Fsp3) is 0.0667. The molecule has 1 aliphatic rings. The Morgan fingerprint density at radius 2 is 2.12 bits per heavy atom. The molecule has 0 bridgehead atoms. The highest BCUT2D eigenvalue weighted by Gasteiger charge is 2.26. The summed E-state index contributed by atoms with van der Waals surface area (Å²) >= 11 is 14.1. The first-order chi connectivity index (χ1) is 11.9. The summed E-state index contributed by atoms with van der Waals surface area (Å²) in [7, 11) is 0. The molecule has 1 aliphatic heterocycles. The first kappa shape index (κ1) is 17.9. The van der Waals surface area contributed by atoms with Crippen molar-refractivity contribution in [1.82, 2.24) is 10.3 Å². The van der Waals surface area contributed by atoms with Crippen molar-refractivity contribution in [3.05, 3.63) is 55.9 Å². The van der Waals surface area contributed by atoms with Crippen LogP contribution in [0.5, 0.6) is 0 Å². The largest absolute Gasteiger partial charge is 0.298 e. The third-order valence-electron chi connectivity index (χ3n) is 3.06. The van der Waals surface area contributed by atoms with E-state index >= 15 is 0 Å². The lowest BCUT2D eigenvalue weighted by atomic mass is 10.1. The van der Waals surface area contributed by atoms with Gasteiger partial charge in [0.25, 0.3) is 17.1 Å². The van der Waals surface area contributed by atoms with Gasteiger partial charge in [0.15, 0.2) is 5.13 Å². The number of carbonyl (C=O) groups excluding carboxylic acids is 3. The first-order valence-electron chi connectivity index (χ1n) is 6.85. The van der Waals surface area contributed by atoms with E-state index in [1.54, 1.807) is 24.4 Å². The maximum absolute atomic E-state index is 11.9. The summed E-state index contributed by atoms with van der Waals surface area (Å²) < 4.78 is 0. The molecule has 0 radical (unpaired) electrons. The van der Waals surface area contributed by atoms with E-state index in [0.29, 0.717) is 33.4 Å². The Labute approximate surface area is 160 Å². The van der Waals surface area contributed by atoms with Gasteiger partial charge < -0.3 is 0 Å².